The Hall–Kier alpha value is -2.57. The van der Waals surface area contributed by atoms with Crippen LogP contribution in [0.25, 0.3) is 10.9 Å². The average Bonchev–Trinajstić information content (AvgIpc) is 2.68. The van der Waals surface area contributed by atoms with Crippen LogP contribution in [0, 0.1) is 10.1 Å². The van der Waals surface area contributed by atoms with Gasteiger partial charge in [0, 0.05) is 48.2 Å². The lowest BCUT2D eigenvalue weighted by Crippen LogP contribution is -2.38. The van der Waals surface area contributed by atoms with Gasteiger partial charge < -0.3 is 14.6 Å². The lowest BCUT2D eigenvalue weighted by Gasteiger charge is -2.26. The summed E-state index contributed by atoms with van der Waals surface area (Å²) in [6.07, 6.45) is 1.01. The molecule has 0 bridgehead atoms. The number of fused-ring (bicyclic) bond motifs is 3. The van der Waals surface area contributed by atoms with Gasteiger partial charge in [0.1, 0.15) is 5.60 Å². The number of nitro groups is 1. The van der Waals surface area contributed by atoms with Crippen molar-refractivity contribution in [1.29, 1.82) is 0 Å². The highest BCUT2D eigenvalue weighted by Crippen LogP contribution is 2.29. The Bertz CT molecular complexity index is 804. The molecule has 1 aliphatic rings. The van der Waals surface area contributed by atoms with Gasteiger partial charge in [0.2, 0.25) is 0 Å². The topological polar surface area (TPSA) is 88.5 Å². The molecule has 1 aliphatic heterocycles. The molecule has 3 rings (SSSR count). The largest absolute Gasteiger partial charge is 0.444 e. The maximum atomic E-state index is 12.3. The number of amides is 1. The quantitative estimate of drug-likeness (QED) is 0.640. The smallest absolute Gasteiger partial charge is 0.410 e. The van der Waals surface area contributed by atoms with Gasteiger partial charge in [-0.1, -0.05) is 0 Å². The predicted molar refractivity (Wildman–Crippen MR) is 90.2 cm³/mol. The van der Waals surface area contributed by atoms with Gasteiger partial charge in [-0.05, 0) is 38.8 Å². The van der Waals surface area contributed by atoms with E-state index >= 15 is 0 Å². The lowest BCUT2D eigenvalue weighted by atomic mass is 10.1. The highest BCUT2D eigenvalue weighted by molar-refractivity contribution is 5.87. The second-order valence-electron chi connectivity index (χ2n) is 7.04. The zero-order valence-corrected chi connectivity index (χ0v) is 14.1. The van der Waals surface area contributed by atoms with Crippen molar-refractivity contribution in [3.63, 3.8) is 0 Å². The van der Waals surface area contributed by atoms with E-state index in [2.05, 4.69) is 4.98 Å². The lowest BCUT2D eigenvalue weighted by molar-refractivity contribution is -0.384. The van der Waals surface area contributed by atoms with Crippen molar-refractivity contribution in [2.75, 3.05) is 13.1 Å². The number of non-ortho nitro benzene ring substituents is 1. The number of hydrogen-bond donors (Lipinski definition) is 1. The van der Waals surface area contributed by atoms with E-state index in [4.69, 9.17) is 4.74 Å². The Morgan fingerprint density at radius 2 is 2.00 bits per heavy atom. The van der Waals surface area contributed by atoms with Crippen LogP contribution >= 0.6 is 0 Å². The molecule has 7 nitrogen and oxygen atoms in total. The third-order valence-electron chi connectivity index (χ3n) is 4.10. The molecule has 1 N–H and O–H groups in total. The number of hydrogen-bond acceptors (Lipinski definition) is 4. The molecule has 0 aliphatic carbocycles. The number of benzene rings is 1. The third-order valence-corrected chi connectivity index (χ3v) is 4.10. The molecule has 128 valence electrons. The summed E-state index contributed by atoms with van der Waals surface area (Å²) in [6, 6.07) is 4.85. The Balaban J connectivity index is 1.85. The molecule has 24 heavy (non-hydrogen) atoms. The van der Waals surface area contributed by atoms with Crippen LogP contribution in [-0.2, 0) is 17.6 Å². The Kier molecular flexibility index (Phi) is 3.95. The molecule has 2 aromatic rings. The number of nitrogens with zero attached hydrogens (tertiary/aromatic N) is 2. The standard InChI is InChI=1S/C17H21N3O4/c1-17(2,3)24-16(21)19-8-6-12-13-10-11(20(22)23)4-5-14(13)18-15(12)7-9-19/h4-5,10,18H,6-9H2,1-3H3. The first kappa shape index (κ1) is 16.3. The fourth-order valence-corrected chi connectivity index (χ4v) is 3.02. The van der Waals surface area contributed by atoms with Gasteiger partial charge >= 0.3 is 6.09 Å². The monoisotopic (exact) mass is 331 g/mol. The maximum Gasteiger partial charge on any atom is 0.410 e. The highest BCUT2D eigenvalue weighted by atomic mass is 16.6. The minimum absolute atomic E-state index is 0.0811. The van der Waals surface area contributed by atoms with Crippen molar-refractivity contribution in [2.45, 2.75) is 39.2 Å². The molecule has 0 saturated carbocycles. The van der Waals surface area contributed by atoms with E-state index in [1.807, 2.05) is 20.8 Å². The summed E-state index contributed by atoms with van der Waals surface area (Å²) in [7, 11) is 0. The number of nitro benzene ring substituents is 1. The summed E-state index contributed by atoms with van der Waals surface area (Å²) in [4.78, 5) is 27.9. The molecular formula is C17H21N3O4. The molecule has 0 spiro atoms. The number of ether oxygens (including phenoxy) is 1. The SMILES string of the molecule is CC(C)(C)OC(=O)N1CCc2[nH]c3ccc([N+](=O)[O-])cc3c2CC1. The van der Waals surface area contributed by atoms with Crippen LogP contribution in [0.2, 0.25) is 0 Å². The van der Waals surface area contributed by atoms with Crippen LogP contribution in [0.3, 0.4) is 0 Å². The van der Waals surface area contributed by atoms with E-state index in [1.165, 1.54) is 6.07 Å². The fourth-order valence-electron chi connectivity index (χ4n) is 3.02. The van der Waals surface area contributed by atoms with Crippen molar-refractivity contribution in [2.24, 2.45) is 0 Å². The summed E-state index contributed by atoms with van der Waals surface area (Å²) < 4.78 is 5.43. The normalized spacial score (nSPS) is 15.0. The highest BCUT2D eigenvalue weighted by Gasteiger charge is 2.26. The van der Waals surface area contributed by atoms with Gasteiger partial charge in [-0.25, -0.2) is 4.79 Å². The van der Waals surface area contributed by atoms with Crippen molar-refractivity contribution in [3.05, 3.63) is 39.6 Å². The van der Waals surface area contributed by atoms with Crippen LogP contribution < -0.4 is 0 Å². The second kappa shape index (κ2) is 5.81. The number of aromatic amines is 1. The van der Waals surface area contributed by atoms with Gasteiger partial charge in [0.15, 0.2) is 0 Å². The number of H-pyrrole nitrogens is 1. The minimum atomic E-state index is -0.523. The molecular weight excluding hydrogens is 310 g/mol. The van der Waals surface area contributed by atoms with Gasteiger partial charge in [-0.2, -0.15) is 0 Å². The number of aromatic nitrogens is 1. The van der Waals surface area contributed by atoms with E-state index in [-0.39, 0.29) is 16.7 Å². The van der Waals surface area contributed by atoms with Crippen molar-refractivity contribution in [1.82, 2.24) is 9.88 Å². The van der Waals surface area contributed by atoms with E-state index in [0.717, 1.165) is 22.2 Å². The van der Waals surface area contributed by atoms with Crippen LogP contribution in [-0.4, -0.2) is 39.6 Å². The number of carbonyl (C=O) groups excluding carboxylic acids is 1. The van der Waals surface area contributed by atoms with E-state index < -0.39 is 5.60 Å². The molecule has 1 aromatic carbocycles. The summed E-state index contributed by atoms with van der Waals surface area (Å²) in [5.41, 5.74) is 2.55. The van der Waals surface area contributed by atoms with Gasteiger partial charge in [0.25, 0.3) is 5.69 Å². The Morgan fingerprint density at radius 1 is 1.29 bits per heavy atom. The first-order valence-electron chi connectivity index (χ1n) is 8.00. The Labute approximate surface area is 139 Å². The summed E-state index contributed by atoms with van der Waals surface area (Å²) in [5, 5.41) is 11.9. The van der Waals surface area contributed by atoms with Gasteiger partial charge in [0.05, 0.1) is 4.92 Å². The summed E-state index contributed by atoms with van der Waals surface area (Å²) >= 11 is 0. The van der Waals surface area contributed by atoms with Crippen LogP contribution in [0.5, 0.6) is 0 Å². The first-order chi connectivity index (χ1) is 11.2. The number of carbonyl (C=O) groups is 1. The molecule has 1 amide bonds. The molecule has 0 fully saturated rings. The molecule has 0 radical (unpaired) electrons. The second-order valence-corrected chi connectivity index (χ2v) is 7.04. The third kappa shape index (κ3) is 3.20. The first-order valence-corrected chi connectivity index (χ1v) is 8.00. The minimum Gasteiger partial charge on any atom is -0.444 e. The zero-order chi connectivity index (χ0) is 17.5. The molecule has 1 aromatic heterocycles. The fraction of sp³-hybridized carbons (Fsp3) is 0.471. The van der Waals surface area contributed by atoms with Gasteiger partial charge in [-0.15, -0.1) is 0 Å². The van der Waals surface area contributed by atoms with E-state index in [0.29, 0.717) is 25.9 Å². The molecule has 2 heterocycles. The number of nitrogens with one attached hydrogen (secondary N) is 1. The zero-order valence-electron chi connectivity index (χ0n) is 14.1. The maximum absolute atomic E-state index is 12.3. The number of rotatable bonds is 1. The summed E-state index contributed by atoms with van der Waals surface area (Å²) in [6.45, 7) is 6.64. The van der Waals surface area contributed by atoms with Crippen molar-refractivity contribution in [3.8, 4) is 0 Å². The Morgan fingerprint density at radius 3 is 2.67 bits per heavy atom. The average molecular weight is 331 g/mol. The van der Waals surface area contributed by atoms with Crippen LogP contribution in [0.4, 0.5) is 10.5 Å². The van der Waals surface area contributed by atoms with Crippen LogP contribution in [0.15, 0.2) is 18.2 Å². The molecule has 7 heteroatoms. The summed E-state index contributed by atoms with van der Waals surface area (Å²) in [5.74, 6) is 0. The molecule has 0 atom stereocenters. The van der Waals surface area contributed by atoms with E-state index in [9.17, 15) is 14.9 Å². The van der Waals surface area contributed by atoms with Gasteiger partial charge in [-0.3, -0.25) is 10.1 Å². The molecule has 0 unspecified atom stereocenters. The van der Waals surface area contributed by atoms with Crippen LogP contribution in [0.1, 0.15) is 32.0 Å². The van der Waals surface area contributed by atoms with E-state index in [1.54, 1.807) is 17.0 Å². The molecule has 0 saturated heterocycles. The predicted octanol–water partition coefficient (Wildman–Crippen LogP) is 3.41. The van der Waals surface area contributed by atoms with Crippen molar-refractivity contribution < 1.29 is 14.5 Å². The van der Waals surface area contributed by atoms with Crippen molar-refractivity contribution >= 4 is 22.7 Å².